The van der Waals surface area contributed by atoms with Crippen LogP contribution in [0.15, 0.2) is 46.9 Å². The van der Waals surface area contributed by atoms with Gasteiger partial charge in [-0.05, 0) is 85.0 Å². The number of benzene rings is 2. The normalized spacial score (nSPS) is 22.9. The molecule has 208 valence electrons. The first-order chi connectivity index (χ1) is 17.9. The van der Waals surface area contributed by atoms with Gasteiger partial charge in [-0.25, -0.2) is 9.59 Å². The maximum absolute atomic E-state index is 12.6. The lowest BCUT2D eigenvalue weighted by Gasteiger charge is -2.45. The lowest BCUT2D eigenvalue weighted by Crippen LogP contribution is -2.52. The van der Waals surface area contributed by atoms with Crippen LogP contribution in [0.25, 0.3) is 0 Å². The first kappa shape index (κ1) is 29.6. The first-order valence-electron chi connectivity index (χ1n) is 12.0. The van der Waals surface area contributed by atoms with E-state index in [2.05, 4.69) is 50.6 Å². The van der Waals surface area contributed by atoms with Crippen LogP contribution in [0.3, 0.4) is 0 Å². The van der Waals surface area contributed by atoms with Gasteiger partial charge in [0.1, 0.15) is 0 Å². The molecule has 1 saturated carbocycles. The molecule has 1 aliphatic carbocycles. The lowest BCUT2D eigenvalue weighted by atomic mass is 9.65. The highest BCUT2D eigenvalue weighted by atomic mass is 79.9. The summed E-state index contributed by atoms with van der Waals surface area (Å²) in [6.45, 7) is 1.05. The number of carbonyl (C=O) groups excluding carboxylic acids is 1. The van der Waals surface area contributed by atoms with E-state index in [1.54, 1.807) is 14.2 Å². The van der Waals surface area contributed by atoms with Gasteiger partial charge >= 0.3 is 18.2 Å². The number of amides is 2. The summed E-state index contributed by atoms with van der Waals surface area (Å²) in [6.07, 6.45) is -1.08. The Bertz CT molecular complexity index is 1150. The number of hydrogen-bond acceptors (Lipinski definition) is 5. The minimum Gasteiger partial charge on any atom is -0.493 e. The largest absolute Gasteiger partial charge is 0.493 e. The average Bonchev–Trinajstić information content (AvgIpc) is 3.21. The van der Waals surface area contributed by atoms with Crippen molar-refractivity contribution in [1.82, 2.24) is 10.2 Å². The van der Waals surface area contributed by atoms with Gasteiger partial charge in [0.05, 0.1) is 19.9 Å². The first-order valence-corrected chi connectivity index (χ1v) is 12.8. The molecule has 3 N–H and O–H groups in total. The summed E-state index contributed by atoms with van der Waals surface area (Å²) in [7, 11) is 5.54. The van der Waals surface area contributed by atoms with Gasteiger partial charge in [0, 0.05) is 22.0 Å². The van der Waals surface area contributed by atoms with Crippen molar-refractivity contribution >= 4 is 33.6 Å². The van der Waals surface area contributed by atoms with Crippen molar-refractivity contribution in [2.45, 2.75) is 49.4 Å². The van der Waals surface area contributed by atoms with Crippen molar-refractivity contribution in [1.29, 1.82) is 0 Å². The molecule has 0 aromatic heterocycles. The van der Waals surface area contributed by atoms with Crippen molar-refractivity contribution in [3.63, 3.8) is 0 Å². The molecule has 3 atom stereocenters. The minimum atomic E-state index is -5.08. The van der Waals surface area contributed by atoms with Gasteiger partial charge in [0.15, 0.2) is 11.5 Å². The topological polar surface area (TPSA) is 100 Å². The second kappa shape index (κ2) is 12.2. The monoisotopic (exact) mass is 601 g/mol. The molecule has 0 spiro atoms. The van der Waals surface area contributed by atoms with E-state index in [1.807, 2.05) is 30.3 Å². The average molecular weight is 602 g/mol. The van der Waals surface area contributed by atoms with Crippen molar-refractivity contribution in [3.8, 4) is 11.5 Å². The number of likely N-dealkylation sites (N-methyl/N-ethyl adjacent to an activating group) is 1. The summed E-state index contributed by atoms with van der Waals surface area (Å²) >= 11 is 3.48. The van der Waals surface area contributed by atoms with Gasteiger partial charge in [-0.1, -0.05) is 18.2 Å². The third kappa shape index (κ3) is 6.71. The van der Waals surface area contributed by atoms with Crippen molar-refractivity contribution < 1.29 is 37.3 Å². The second-order valence-corrected chi connectivity index (χ2v) is 10.2. The Labute approximate surface area is 227 Å². The number of likely N-dealkylation sites (tertiary alicyclic amines) is 1. The number of anilines is 1. The smallest absolute Gasteiger partial charge is 0.490 e. The van der Waals surface area contributed by atoms with Crippen LogP contribution in [-0.4, -0.2) is 68.1 Å². The van der Waals surface area contributed by atoms with E-state index in [0.29, 0.717) is 6.04 Å². The number of hydrogen-bond donors (Lipinski definition) is 3. The predicted octanol–water partition coefficient (Wildman–Crippen LogP) is 5.42. The number of nitrogens with zero attached hydrogens (tertiary/aromatic N) is 1. The molecule has 2 amide bonds. The summed E-state index contributed by atoms with van der Waals surface area (Å²) in [4.78, 5) is 24.0. The number of carbonyl (C=O) groups is 2. The van der Waals surface area contributed by atoms with Crippen LogP contribution in [0.5, 0.6) is 11.5 Å². The van der Waals surface area contributed by atoms with Crippen LogP contribution < -0.4 is 20.1 Å². The Kier molecular flexibility index (Phi) is 9.53. The van der Waals surface area contributed by atoms with E-state index in [4.69, 9.17) is 19.4 Å². The number of urea groups is 1. The molecular weight excluding hydrogens is 571 g/mol. The molecule has 0 unspecified atom stereocenters. The Hall–Kier alpha value is -2.99. The molecule has 2 aromatic rings. The predicted molar refractivity (Wildman–Crippen MR) is 140 cm³/mol. The Balaban J connectivity index is 0.000000505. The van der Waals surface area contributed by atoms with Crippen LogP contribution in [0.4, 0.5) is 23.7 Å². The number of rotatable bonds is 5. The fourth-order valence-corrected chi connectivity index (χ4v) is 5.68. The molecular formula is C26H31BrF3N3O5. The van der Waals surface area contributed by atoms with Gasteiger partial charge in [-0.3, -0.25) is 0 Å². The number of carboxylic acids is 1. The molecule has 1 aliphatic heterocycles. The summed E-state index contributed by atoms with van der Waals surface area (Å²) in [5, 5.41) is 13.3. The van der Waals surface area contributed by atoms with Crippen LogP contribution in [-0.2, 0) is 10.2 Å². The minimum absolute atomic E-state index is 0.0748. The Morgan fingerprint density at radius 3 is 2.37 bits per heavy atom. The van der Waals surface area contributed by atoms with E-state index >= 15 is 0 Å². The highest BCUT2D eigenvalue weighted by Crippen LogP contribution is 2.49. The molecule has 0 bridgehead atoms. The van der Waals surface area contributed by atoms with E-state index in [9.17, 15) is 18.0 Å². The number of carboxylic acid groups (broad SMARTS) is 1. The summed E-state index contributed by atoms with van der Waals surface area (Å²) in [5.74, 6) is -1.23. The molecule has 2 aromatic carbocycles. The number of methoxy groups -OCH3 is 2. The summed E-state index contributed by atoms with van der Waals surface area (Å²) in [6, 6.07) is 14.3. The Morgan fingerprint density at radius 1 is 1.11 bits per heavy atom. The standard InChI is InChI=1S/C24H30BrN3O3.C2HF3O2/c1-28-13-12-24(16-8-9-20(30-2)21(14-16)31-3)11-10-17(15-22(24)28)26-23(29)27-19-7-5-4-6-18(19)25;3-2(4,5)1(6)7/h4-9,14,17,22H,10-13,15H2,1-3H3,(H2,26,27,29);(H,6,7)/t17-,22+,24+;/m1./s1. The van der Waals surface area contributed by atoms with E-state index in [1.165, 1.54) is 5.56 Å². The number of nitrogens with one attached hydrogen (secondary N) is 2. The zero-order chi connectivity index (χ0) is 28.1. The van der Waals surface area contributed by atoms with Gasteiger partial charge < -0.3 is 30.1 Å². The van der Waals surface area contributed by atoms with Gasteiger partial charge in [-0.2, -0.15) is 13.2 Å². The number of aliphatic carboxylic acids is 1. The highest BCUT2D eigenvalue weighted by Gasteiger charge is 2.50. The molecule has 2 aliphatic rings. The Morgan fingerprint density at radius 2 is 1.76 bits per heavy atom. The number of fused-ring (bicyclic) bond motifs is 1. The van der Waals surface area contributed by atoms with Crippen LogP contribution >= 0.6 is 15.9 Å². The highest BCUT2D eigenvalue weighted by molar-refractivity contribution is 9.10. The third-order valence-electron chi connectivity index (χ3n) is 7.19. The molecule has 8 nitrogen and oxygen atoms in total. The summed E-state index contributed by atoms with van der Waals surface area (Å²) < 4.78 is 43.6. The molecule has 1 heterocycles. The fraction of sp³-hybridized carbons (Fsp3) is 0.462. The maximum Gasteiger partial charge on any atom is 0.490 e. The van der Waals surface area contributed by atoms with E-state index in [-0.39, 0.29) is 17.5 Å². The molecule has 0 radical (unpaired) electrons. The zero-order valence-corrected chi connectivity index (χ0v) is 22.9. The SMILES string of the molecule is COc1ccc([C@@]23CC[C@@H](NC(=O)Nc4ccccc4Br)C[C@@H]2N(C)CC3)cc1OC.O=C(O)C(F)(F)F. The van der Waals surface area contributed by atoms with Gasteiger partial charge in [-0.15, -0.1) is 0 Å². The number of ether oxygens (including phenoxy) is 2. The van der Waals surface area contributed by atoms with E-state index < -0.39 is 12.1 Å². The van der Waals surface area contributed by atoms with Crippen LogP contribution in [0.1, 0.15) is 31.2 Å². The number of halogens is 4. The van der Waals surface area contributed by atoms with Gasteiger partial charge in [0.25, 0.3) is 0 Å². The molecule has 2 fully saturated rings. The van der Waals surface area contributed by atoms with Crippen molar-refractivity contribution in [2.24, 2.45) is 0 Å². The molecule has 1 saturated heterocycles. The quantitative estimate of drug-likeness (QED) is 0.423. The van der Waals surface area contributed by atoms with Crippen LogP contribution in [0.2, 0.25) is 0 Å². The van der Waals surface area contributed by atoms with Gasteiger partial charge in [0.2, 0.25) is 0 Å². The van der Waals surface area contributed by atoms with Crippen molar-refractivity contribution in [3.05, 3.63) is 52.5 Å². The third-order valence-corrected chi connectivity index (χ3v) is 7.88. The lowest BCUT2D eigenvalue weighted by molar-refractivity contribution is -0.192. The zero-order valence-electron chi connectivity index (χ0n) is 21.3. The summed E-state index contributed by atoms with van der Waals surface area (Å²) in [5.41, 5.74) is 2.15. The van der Waals surface area contributed by atoms with Crippen molar-refractivity contribution in [2.75, 3.05) is 33.1 Å². The molecule has 12 heteroatoms. The molecule has 4 rings (SSSR count). The van der Waals surface area contributed by atoms with Crippen LogP contribution in [0, 0.1) is 0 Å². The maximum atomic E-state index is 12.6. The fourth-order valence-electron chi connectivity index (χ4n) is 5.30. The molecule has 38 heavy (non-hydrogen) atoms. The second-order valence-electron chi connectivity index (χ2n) is 9.32. The van der Waals surface area contributed by atoms with E-state index in [0.717, 1.165) is 53.9 Å². The number of para-hydroxylation sites is 1. The number of alkyl halides is 3.